The van der Waals surface area contributed by atoms with E-state index in [-0.39, 0.29) is 5.91 Å². The molecule has 0 N–H and O–H groups in total. The zero-order valence-corrected chi connectivity index (χ0v) is 18.8. The lowest BCUT2D eigenvalue weighted by atomic mass is 10.1. The smallest absolute Gasteiger partial charge is 0.286 e. The monoisotopic (exact) mass is 443 g/mol. The van der Waals surface area contributed by atoms with Crippen molar-refractivity contribution in [3.63, 3.8) is 0 Å². The van der Waals surface area contributed by atoms with Crippen molar-refractivity contribution in [2.24, 2.45) is 4.99 Å². The van der Waals surface area contributed by atoms with E-state index < -0.39 is 0 Å². The predicted octanol–water partition coefficient (Wildman–Crippen LogP) is 5.04. The van der Waals surface area contributed by atoms with Gasteiger partial charge < -0.3 is 9.32 Å². The van der Waals surface area contributed by atoms with Crippen LogP contribution in [-0.4, -0.2) is 47.1 Å². The van der Waals surface area contributed by atoms with Gasteiger partial charge in [-0.05, 0) is 36.4 Å². The minimum atomic E-state index is -0.190. The van der Waals surface area contributed by atoms with Gasteiger partial charge in [-0.15, -0.1) is 0 Å². The van der Waals surface area contributed by atoms with Gasteiger partial charge in [0.1, 0.15) is 11.5 Å². The fraction of sp³-hybridized carbons (Fsp3) is 0.231. The lowest BCUT2D eigenvalue weighted by Crippen LogP contribution is -2.47. The molecule has 2 aromatic carbocycles. The number of thioether (sulfide) groups is 1. The summed E-state index contributed by atoms with van der Waals surface area (Å²) in [5.41, 5.74) is 3.56. The van der Waals surface area contributed by atoms with Crippen LogP contribution in [0.2, 0.25) is 0 Å². The zero-order valence-electron chi connectivity index (χ0n) is 18.0. The van der Waals surface area contributed by atoms with Crippen molar-refractivity contribution in [3.8, 4) is 11.3 Å². The van der Waals surface area contributed by atoms with Crippen LogP contribution in [0.5, 0.6) is 0 Å². The first-order valence-corrected chi connectivity index (χ1v) is 11.7. The van der Waals surface area contributed by atoms with Crippen LogP contribution < -0.4 is 0 Å². The van der Waals surface area contributed by atoms with Crippen LogP contribution in [0.3, 0.4) is 0 Å². The Labute approximate surface area is 192 Å². The second-order valence-corrected chi connectivity index (χ2v) is 9.14. The number of amidine groups is 1. The van der Waals surface area contributed by atoms with E-state index in [2.05, 4.69) is 58.1 Å². The van der Waals surface area contributed by atoms with E-state index >= 15 is 0 Å². The molecule has 0 atom stereocenters. The maximum absolute atomic E-state index is 12.5. The Morgan fingerprint density at radius 2 is 1.72 bits per heavy atom. The number of benzene rings is 2. The molecule has 2 aliphatic rings. The Morgan fingerprint density at radius 1 is 0.969 bits per heavy atom. The Morgan fingerprint density at radius 3 is 2.47 bits per heavy atom. The minimum Gasteiger partial charge on any atom is -0.457 e. The molecular formula is C26H25N3O2S. The summed E-state index contributed by atoms with van der Waals surface area (Å²) in [5, 5.41) is 0.797. The minimum absolute atomic E-state index is 0.190. The van der Waals surface area contributed by atoms with Gasteiger partial charge in [-0.1, -0.05) is 60.2 Å². The molecule has 0 spiro atoms. The van der Waals surface area contributed by atoms with Gasteiger partial charge in [-0.3, -0.25) is 9.69 Å². The van der Waals surface area contributed by atoms with Crippen LogP contribution in [-0.2, 0) is 11.3 Å². The molecule has 2 aliphatic heterocycles. The van der Waals surface area contributed by atoms with Crippen molar-refractivity contribution in [1.29, 1.82) is 0 Å². The van der Waals surface area contributed by atoms with E-state index in [1.54, 1.807) is 6.08 Å². The third kappa shape index (κ3) is 4.71. The Balaban J connectivity index is 1.20. The maximum Gasteiger partial charge on any atom is 0.286 e. The first-order chi connectivity index (χ1) is 15.6. The maximum atomic E-state index is 12.5. The van der Waals surface area contributed by atoms with Crippen LogP contribution in [0.25, 0.3) is 17.4 Å². The summed E-state index contributed by atoms with van der Waals surface area (Å²) in [6, 6.07) is 22.6. The van der Waals surface area contributed by atoms with Crippen LogP contribution in [0.4, 0.5) is 0 Å². The molecule has 0 radical (unpaired) electrons. The molecule has 3 aromatic rings. The summed E-state index contributed by atoms with van der Waals surface area (Å²) < 4.78 is 5.96. The van der Waals surface area contributed by atoms with Gasteiger partial charge in [0.05, 0.1) is 4.91 Å². The highest BCUT2D eigenvalue weighted by Gasteiger charge is 2.28. The number of carbonyl (C=O) groups excluding carboxylic acids is 1. The lowest BCUT2D eigenvalue weighted by molar-refractivity contribution is -0.113. The molecule has 1 aromatic heterocycles. The Bertz CT molecular complexity index is 1160. The fourth-order valence-electron chi connectivity index (χ4n) is 3.90. The second-order valence-electron chi connectivity index (χ2n) is 8.13. The summed E-state index contributed by atoms with van der Waals surface area (Å²) in [6.07, 6.45) is 1.80. The SMILES string of the molecule is Cc1ccc(-c2ccc(C=C3SC(N4CCN(Cc5ccccc5)CC4)=NC3=O)o2)cc1. The third-order valence-electron chi connectivity index (χ3n) is 5.74. The van der Waals surface area contributed by atoms with E-state index in [1.165, 1.54) is 22.9 Å². The van der Waals surface area contributed by atoms with Crippen molar-refractivity contribution in [2.75, 3.05) is 26.2 Å². The second kappa shape index (κ2) is 9.18. The van der Waals surface area contributed by atoms with Gasteiger partial charge >= 0.3 is 0 Å². The van der Waals surface area contributed by atoms with Gasteiger partial charge in [0.15, 0.2) is 5.17 Å². The number of aliphatic imine (C=N–C) groups is 1. The van der Waals surface area contributed by atoms with E-state index in [0.29, 0.717) is 10.7 Å². The summed E-state index contributed by atoms with van der Waals surface area (Å²) in [7, 11) is 0. The number of furan rings is 1. The summed E-state index contributed by atoms with van der Waals surface area (Å²) in [4.78, 5) is 22.1. The number of carbonyl (C=O) groups is 1. The molecule has 5 nitrogen and oxygen atoms in total. The molecule has 0 saturated carbocycles. The molecule has 6 heteroatoms. The van der Waals surface area contributed by atoms with Gasteiger partial charge in [0, 0.05) is 44.4 Å². The topological polar surface area (TPSA) is 49.0 Å². The number of hydrogen-bond acceptors (Lipinski definition) is 5. The molecule has 0 unspecified atom stereocenters. The molecule has 0 bridgehead atoms. The van der Waals surface area contributed by atoms with Gasteiger partial charge in [0.2, 0.25) is 0 Å². The Hall–Kier alpha value is -3.09. The third-order valence-corrected chi connectivity index (χ3v) is 6.78. The van der Waals surface area contributed by atoms with Gasteiger partial charge in [-0.25, -0.2) is 0 Å². The summed E-state index contributed by atoms with van der Waals surface area (Å²) >= 11 is 1.44. The number of amides is 1. The van der Waals surface area contributed by atoms with Crippen molar-refractivity contribution in [2.45, 2.75) is 13.5 Å². The molecular weight excluding hydrogens is 418 g/mol. The lowest BCUT2D eigenvalue weighted by Gasteiger charge is -2.35. The number of rotatable bonds is 4. The molecule has 5 rings (SSSR count). The number of nitrogens with zero attached hydrogens (tertiary/aromatic N) is 3. The molecule has 1 fully saturated rings. The quantitative estimate of drug-likeness (QED) is 0.529. The summed E-state index contributed by atoms with van der Waals surface area (Å²) in [6.45, 7) is 6.68. The van der Waals surface area contributed by atoms with E-state index in [1.807, 2.05) is 30.3 Å². The summed E-state index contributed by atoms with van der Waals surface area (Å²) in [5.74, 6) is 1.27. The molecule has 32 heavy (non-hydrogen) atoms. The van der Waals surface area contributed by atoms with Crippen molar-refractivity contribution in [1.82, 2.24) is 9.80 Å². The van der Waals surface area contributed by atoms with Crippen LogP contribution >= 0.6 is 11.8 Å². The number of piperazine rings is 1. The van der Waals surface area contributed by atoms with Gasteiger partial charge in [0.25, 0.3) is 5.91 Å². The average Bonchev–Trinajstić information content (AvgIpc) is 3.43. The first kappa shape index (κ1) is 20.8. The van der Waals surface area contributed by atoms with Crippen molar-refractivity contribution >= 4 is 28.9 Å². The Kier molecular flexibility index (Phi) is 5.97. The van der Waals surface area contributed by atoms with Crippen LogP contribution in [0.1, 0.15) is 16.9 Å². The zero-order chi connectivity index (χ0) is 21.9. The predicted molar refractivity (Wildman–Crippen MR) is 130 cm³/mol. The largest absolute Gasteiger partial charge is 0.457 e. The normalized spacial score (nSPS) is 18.4. The van der Waals surface area contributed by atoms with Gasteiger partial charge in [-0.2, -0.15) is 4.99 Å². The van der Waals surface area contributed by atoms with E-state index in [9.17, 15) is 4.79 Å². The van der Waals surface area contributed by atoms with E-state index in [0.717, 1.165) is 49.2 Å². The molecule has 162 valence electrons. The van der Waals surface area contributed by atoms with Crippen molar-refractivity contribution in [3.05, 3.63) is 88.5 Å². The molecule has 3 heterocycles. The van der Waals surface area contributed by atoms with Crippen molar-refractivity contribution < 1.29 is 9.21 Å². The standard InChI is InChI=1S/C26H25N3O2S/c1-19-7-9-21(10-8-19)23-12-11-22(31-23)17-24-25(30)27-26(32-24)29-15-13-28(14-16-29)18-20-5-3-2-4-6-20/h2-12,17H,13-16,18H2,1H3. The first-order valence-electron chi connectivity index (χ1n) is 10.8. The number of hydrogen-bond donors (Lipinski definition) is 0. The highest BCUT2D eigenvalue weighted by molar-refractivity contribution is 8.18. The van der Waals surface area contributed by atoms with E-state index in [4.69, 9.17) is 4.42 Å². The molecule has 1 saturated heterocycles. The highest BCUT2D eigenvalue weighted by Crippen LogP contribution is 2.32. The van der Waals surface area contributed by atoms with Crippen LogP contribution in [0, 0.1) is 6.92 Å². The highest BCUT2D eigenvalue weighted by atomic mass is 32.2. The van der Waals surface area contributed by atoms with Crippen LogP contribution in [0.15, 0.2) is 81.0 Å². The average molecular weight is 444 g/mol. The fourth-order valence-corrected chi connectivity index (χ4v) is 4.85. The molecule has 1 amide bonds. The molecule has 0 aliphatic carbocycles. The number of aryl methyl sites for hydroxylation is 1.